The minimum Gasteiger partial charge on any atom is -0.391 e. The Hall–Kier alpha value is -2.61. The molecule has 5 heteroatoms. The first-order valence-corrected chi connectivity index (χ1v) is 5.41. The van der Waals surface area contributed by atoms with Gasteiger partial charge in [0, 0.05) is 12.0 Å². The van der Waals surface area contributed by atoms with Crippen molar-refractivity contribution in [2.24, 2.45) is 0 Å². The van der Waals surface area contributed by atoms with E-state index in [2.05, 4.69) is 5.16 Å². The minimum atomic E-state index is -0.377. The average Bonchev–Trinajstić information content (AvgIpc) is 2.87. The van der Waals surface area contributed by atoms with Crippen LogP contribution < -0.4 is 4.74 Å². The fourth-order valence-corrected chi connectivity index (χ4v) is 1.34. The molecule has 0 unspecified atom stereocenters. The van der Waals surface area contributed by atoms with Crippen LogP contribution >= 0.6 is 0 Å². The normalized spacial score (nSPS) is 9.78. The van der Waals surface area contributed by atoms with Crippen molar-refractivity contribution in [3.8, 4) is 23.3 Å². The summed E-state index contributed by atoms with van der Waals surface area (Å²) in [5.41, 5.74) is 1.91. The highest BCUT2D eigenvalue weighted by Crippen LogP contribution is 2.23. The predicted octanol–water partition coefficient (Wildman–Crippen LogP) is 2.53. The summed E-state index contributed by atoms with van der Waals surface area (Å²) in [5, 5.41) is 12.5. The van der Waals surface area contributed by atoms with E-state index in [-0.39, 0.29) is 18.3 Å². The van der Waals surface area contributed by atoms with Crippen LogP contribution in [-0.2, 0) is 4.79 Å². The second-order valence-electron chi connectivity index (χ2n) is 3.55. The lowest BCUT2D eigenvalue weighted by atomic mass is 10.1. The third-order valence-corrected chi connectivity index (χ3v) is 2.30. The average molecular weight is 242 g/mol. The first-order valence-electron chi connectivity index (χ1n) is 5.41. The Morgan fingerprint density at radius 1 is 1.44 bits per heavy atom. The van der Waals surface area contributed by atoms with Crippen molar-refractivity contribution in [2.45, 2.75) is 13.3 Å². The molecule has 0 saturated heterocycles. The van der Waals surface area contributed by atoms with E-state index in [0.29, 0.717) is 11.3 Å². The minimum absolute atomic E-state index is 0.0706. The Morgan fingerprint density at radius 3 is 2.78 bits per heavy atom. The van der Waals surface area contributed by atoms with Crippen LogP contribution in [0.25, 0.3) is 11.3 Å². The van der Waals surface area contributed by atoms with Gasteiger partial charge in [-0.3, -0.25) is 4.79 Å². The van der Waals surface area contributed by atoms with Crippen molar-refractivity contribution >= 4 is 5.97 Å². The molecule has 2 rings (SSSR count). The van der Waals surface area contributed by atoms with E-state index in [1.165, 1.54) is 6.07 Å². The molecule has 18 heavy (non-hydrogen) atoms. The van der Waals surface area contributed by atoms with Crippen LogP contribution in [0.5, 0.6) is 5.95 Å². The van der Waals surface area contributed by atoms with Crippen molar-refractivity contribution < 1.29 is 14.1 Å². The van der Waals surface area contributed by atoms with Crippen LogP contribution in [0, 0.1) is 11.3 Å². The summed E-state index contributed by atoms with van der Waals surface area (Å²) in [6.07, 6.45) is 0.271. The summed E-state index contributed by atoms with van der Waals surface area (Å²) < 4.78 is 9.78. The molecule has 0 N–H and O–H groups in total. The molecule has 1 aromatic carbocycles. The SMILES string of the molecule is CCC(=O)Oc1cc(-c2ccc(C#N)cc2)no1. The van der Waals surface area contributed by atoms with E-state index < -0.39 is 0 Å². The number of hydrogen-bond donors (Lipinski definition) is 0. The number of aromatic nitrogens is 1. The van der Waals surface area contributed by atoms with Crippen LogP contribution in [0.3, 0.4) is 0 Å². The second-order valence-corrected chi connectivity index (χ2v) is 3.55. The molecule has 1 aromatic heterocycles. The van der Waals surface area contributed by atoms with Gasteiger partial charge in [-0.1, -0.05) is 24.2 Å². The van der Waals surface area contributed by atoms with Gasteiger partial charge in [0.2, 0.25) is 0 Å². The number of esters is 1. The molecule has 0 aliphatic carbocycles. The van der Waals surface area contributed by atoms with Crippen molar-refractivity contribution in [3.05, 3.63) is 35.9 Å². The third kappa shape index (κ3) is 2.55. The smallest absolute Gasteiger partial charge is 0.319 e. The maximum atomic E-state index is 11.1. The molecule has 0 bridgehead atoms. The van der Waals surface area contributed by atoms with Gasteiger partial charge < -0.3 is 9.26 Å². The van der Waals surface area contributed by atoms with E-state index >= 15 is 0 Å². The number of nitriles is 1. The molecule has 0 radical (unpaired) electrons. The number of rotatable bonds is 3. The predicted molar refractivity (Wildman–Crippen MR) is 62.6 cm³/mol. The molecule has 0 amide bonds. The lowest BCUT2D eigenvalue weighted by Gasteiger charge is -1.94. The number of carbonyl (C=O) groups excluding carboxylic acids is 1. The fraction of sp³-hybridized carbons (Fsp3) is 0.154. The van der Waals surface area contributed by atoms with Crippen molar-refractivity contribution in [1.82, 2.24) is 5.16 Å². The van der Waals surface area contributed by atoms with E-state index in [4.69, 9.17) is 14.5 Å². The van der Waals surface area contributed by atoms with Gasteiger partial charge in [-0.25, -0.2) is 0 Å². The largest absolute Gasteiger partial charge is 0.391 e. The standard InChI is InChI=1S/C13H10N2O3/c1-2-12(16)17-13-7-11(15-18-13)10-5-3-9(8-14)4-6-10/h3-7H,2H2,1H3. The van der Waals surface area contributed by atoms with Gasteiger partial charge in [-0.05, 0) is 12.1 Å². The van der Waals surface area contributed by atoms with Crippen molar-refractivity contribution in [1.29, 1.82) is 5.26 Å². The van der Waals surface area contributed by atoms with Crippen molar-refractivity contribution in [3.63, 3.8) is 0 Å². The molecule has 0 atom stereocenters. The highest BCUT2D eigenvalue weighted by molar-refractivity contribution is 5.71. The Balaban J connectivity index is 2.18. The summed E-state index contributed by atoms with van der Waals surface area (Å²) in [6, 6.07) is 10.4. The molecule has 0 aliphatic heterocycles. The van der Waals surface area contributed by atoms with E-state index in [1.807, 2.05) is 6.07 Å². The zero-order chi connectivity index (χ0) is 13.0. The first kappa shape index (κ1) is 11.9. The number of hydrogen-bond acceptors (Lipinski definition) is 5. The van der Waals surface area contributed by atoms with Gasteiger partial charge in [-0.2, -0.15) is 5.26 Å². The molecule has 0 saturated carbocycles. The van der Waals surface area contributed by atoms with Crippen LogP contribution in [0.4, 0.5) is 0 Å². The van der Waals surface area contributed by atoms with Crippen LogP contribution in [0.2, 0.25) is 0 Å². The summed E-state index contributed by atoms with van der Waals surface area (Å²) in [4.78, 5) is 11.1. The fourth-order valence-electron chi connectivity index (χ4n) is 1.34. The molecule has 1 heterocycles. The lowest BCUT2D eigenvalue weighted by Crippen LogP contribution is -2.04. The second kappa shape index (κ2) is 5.15. The summed E-state index contributed by atoms with van der Waals surface area (Å²) >= 11 is 0. The van der Waals surface area contributed by atoms with Gasteiger partial charge in [0.25, 0.3) is 0 Å². The summed E-state index contributed by atoms with van der Waals surface area (Å²) in [7, 11) is 0. The monoisotopic (exact) mass is 242 g/mol. The van der Waals surface area contributed by atoms with E-state index in [0.717, 1.165) is 5.56 Å². The molecule has 2 aromatic rings. The Kier molecular flexibility index (Phi) is 3.39. The lowest BCUT2D eigenvalue weighted by molar-refractivity contribution is -0.135. The summed E-state index contributed by atoms with van der Waals surface area (Å²) in [5.74, 6) is -0.307. The molecule has 5 nitrogen and oxygen atoms in total. The number of benzene rings is 1. The van der Waals surface area contributed by atoms with Gasteiger partial charge in [0.15, 0.2) is 0 Å². The highest BCUT2D eigenvalue weighted by atomic mass is 16.6. The highest BCUT2D eigenvalue weighted by Gasteiger charge is 2.10. The molecular formula is C13H10N2O3. The zero-order valence-electron chi connectivity index (χ0n) is 9.71. The van der Waals surface area contributed by atoms with Gasteiger partial charge >= 0.3 is 11.9 Å². The van der Waals surface area contributed by atoms with Crippen LogP contribution in [0.1, 0.15) is 18.9 Å². The molecule has 90 valence electrons. The van der Waals surface area contributed by atoms with Crippen LogP contribution in [-0.4, -0.2) is 11.1 Å². The number of ether oxygens (including phenoxy) is 1. The molecule has 0 aliphatic rings. The third-order valence-electron chi connectivity index (χ3n) is 2.30. The van der Waals surface area contributed by atoms with Crippen LogP contribution in [0.15, 0.2) is 34.9 Å². The van der Waals surface area contributed by atoms with E-state index in [9.17, 15) is 4.79 Å². The summed E-state index contributed by atoms with van der Waals surface area (Å²) in [6.45, 7) is 1.69. The molecular weight excluding hydrogens is 232 g/mol. The maximum absolute atomic E-state index is 11.1. The number of carbonyl (C=O) groups is 1. The maximum Gasteiger partial charge on any atom is 0.319 e. The zero-order valence-corrected chi connectivity index (χ0v) is 9.71. The number of nitrogens with zero attached hydrogens (tertiary/aromatic N) is 2. The quantitative estimate of drug-likeness (QED) is 0.773. The van der Waals surface area contributed by atoms with Crippen molar-refractivity contribution in [2.75, 3.05) is 0 Å². The first-order chi connectivity index (χ1) is 8.72. The van der Waals surface area contributed by atoms with E-state index in [1.54, 1.807) is 31.2 Å². The Morgan fingerprint density at radius 2 is 2.17 bits per heavy atom. The Bertz CT molecular complexity index is 593. The Labute approximate surface area is 104 Å². The molecule has 0 fully saturated rings. The molecule has 0 spiro atoms. The van der Waals surface area contributed by atoms with Gasteiger partial charge in [0.1, 0.15) is 5.69 Å². The van der Waals surface area contributed by atoms with Gasteiger partial charge in [-0.15, -0.1) is 0 Å². The topological polar surface area (TPSA) is 76.1 Å². The van der Waals surface area contributed by atoms with Gasteiger partial charge in [0.05, 0.1) is 17.7 Å².